The van der Waals surface area contributed by atoms with E-state index in [0.717, 1.165) is 5.75 Å². The Kier molecular flexibility index (Phi) is 5.32. The summed E-state index contributed by atoms with van der Waals surface area (Å²) in [7, 11) is 2.08. The lowest BCUT2D eigenvalue weighted by Crippen LogP contribution is -2.31. The van der Waals surface area contributed by atoms with Gasteiger partial charge in [-0.25, -0.2) is 0 Å². The third kappa shape index (κ3) is 4.23. The van der Waals surface area contributed by atoms with E-state index in [9.17, 15) is 0 Å². The number of nitrogens with one attached hydrogen (secondary N) is 1. The fraction of sp³-hybridized carbons (Fsp3) is 0.684. The number of ether oxygens (including phenoxy) is 1. The maximum Gasteiger partial charge on any atom is 0.124 e. The van der Waals surface area contributed by atoms with E-state index in [1.165, 1.54) is 31.2 Å². The Balaban J connectivity index is 2.18. The fourth-order valence-corrected chi connectivity index (χ4v) is 3.50. The molecule has 0 amide bonds. The summed E-state index contributed by atoms with van der Waals surface area (Å²) in [6, 6.07) is 8.92. The number of hydrogen-bond acceptors (Lipinski definition) is 2. The molecule has 0 aliphatic heterocycles. The van der Waals surface area contributed by atoms with Gasteiger partial charge >= 0.3 is 0 Å². The molecule has 0 bridgehead atoms. The Hall–Kier alpha value is -1.02. The van der Waals surface area contributed by atoms with Gasteiger partial charge in [0.1, 0.15) is 5.75 Å². The van der Waals surface area contributed by atoms with Crippen molar-refractivity contribution in [2.24, 2.45) is 11.3 Å². The van der Waals surface area contributed by atoms with Crippen LogP contribution in [0.4, 0.5) is 0 Å². The predicted octanol–water partition coefficient (Wildman–Crippen LogP) is 4.95. The smallest absolute Gasteiger partial charge is 0.124 e. The zero-order chi connectivity index (χ0) is 15.5. The van der Waals surface area contributed by atoms with E-state index in [1.54, 1.807) is 0 Å². The van der Waals surface area contributed by atoms with Crippen LogP contribution in [0.25, 0.3) is 0 Å². The van der Waals surface area contributed by atoms with Gasteiger partial charge in [0, 0.05) is 11.6 Å². The maximum atomic E-state index is 6.02. The van der Waals surface area contributed by atoms with Crippen LogP contribution in [0.2, 0.25) is 0 Å². The highest BCUT2D eigenvalue weighted by Gasteiger charge is 2.32. The van der Waals surface area contributed by atoms with Gasteiger partial charge < -0.3 is 10.1 Å². The molecule has 1 aromatic carbocycles. The summed E-state index contributed by atoms with van der Waals surface area (Å²) < 4.78 is 6.02. The molecule has 1 saturated carbocycles. The molecule has 118 valence electrons. The molecule has 21 heavy (non-hydrogen) atoms. The van der Waals surface area contributed by atoms with Gasteiger partial charge in [0.05, 0.1) is 6.10 Å². The zero-order valence-electron chi connectivity index (χ0n) is 14.3. The number of benzene rings is 1. The topological polar surface area (TPSA) is 21.3 Å². The first-order chi connectivity index (χ1) is 9.93. The summed E-state index contributed by atoms with van der Waals surface area (Å²) >= 11 is 0. The molecule has 0 aromatic heterocycles. The van der Waals surface area contributed by atoms with Crippen molar-refractivity contribution in [3.63, 3.8) is 0 Å². The molecule has 1 N–H and O–H groups in total. The molecular weight excluding hydrogens is 258 g/mol. The normalized spacial score (nSPS) is 20.5. The third-order valence-electron chi connectivity index (χ3n) is 4.78. The van der Waals surface area contributed by atoms with Gasteiger partial charge in [0.25, 0.3) is 0 Å². The fourth-order valence-electron chi connectivity index (χ4n) is 3.50. The van der Waals surface area contributed by atoms with E-state index in [4.69, 9.17) is 4.74 Å². The summed E-state index contributed by atoms with van der Waals surface area (Å²) in [5.41, 5.74) is 1.83. The molecule has 0 spiro atoms. The lowest BCUT2D eigenvalue weighted by atomic mass is 9.70. The second kappa shape index (κ2) is 6.83. The van der Waals surface area contributed by atoms with Crippen LogP contribution in [0.5, 0.6) is 5.75 Å². The highest BCUT2D eigenvalue weighted by molar-refractivity contribution is 5.36. The van der Waals surface area contributed by atoms with Crippen LogP contribution in [-0.4, -0.2) is 13.2 Å². The number of para-hydroxylation sites is 1. The highest BCUT2D eigenvalue weighted by atomic mass is 16.5. The molecule has 0 radical (unpaired) electrons. The summed E-state index contributed by atoms with van der Waals surface area (Å²) in [5.74, 6) is 1.75. The molecule has 1 atom stereocenters. The maximum absolute atomic E-state index is 6.02. The van der Waals surface area contributed by atoms with E-state index in [-0.39, 0.29) is 6.10 Å². The van der Waals surface area contributed by atoms with Crippen LogP contribution in [0.15, 0.2) is 24.3 Å². The van der Waals surface area contributed by atoms with Crippen LogP contribution in [0, 0.1) is 11.3 Å². The van der Waals surface area contributed by atoms with Gasteiger partial charge in [-0.15, -0.1) is 0 Å². The second-order valence-electron chi connectivity index (χ2n) is 7.47. The van der Waals surface area contributed by atoms with Crippen LogP contribution >= 0.6 is 0 Å². The van der Waals surface area contributed by atoms with Crippen molar-refractivity contribution >= 4 is 0 Å². The Morgan fingerprint density at radius 1 is 1.14 bits per heavy atom. The summed E-state index contributed by atoms with van der Waals surface area (Å²) in [6.07, 6.45) is 5.46. The Bertz CT molecular complexity index is 443. The van der Waals surface area contributed by atoms with Crippen molar-refractivity contribution in [1.82, 2.24) is 5.32 Å². The van der Waals surface area contributed by atoms with Crippen LogP contribution in [0.3, 0.4) is 0 Å². The van der Waals surface area contributed by atoms with Crippen molar-refractivity contribution in [1.29, 1.82) is 0 Å². The molecule has 2 heteroatoms. The van der Waals surface area contributed by atoms with Crippen molar-refractivity contribution in [3.8, 4) is 5.75 Å². The van der Waals surface area contributed by atoms with E-state index >= 15 is 0 Å². The third-order valence-corrected chi connectivity index (χ3v) is 4.78. The molecular formula is C19H31NO. The summed E-state index contributed by atoms with van der Waals surface area (Å²) in [4.78, 5) is 0. The Morgan fingerprint density at radius 3 is 2.33 bits per heavy atom. The van der Waals surface area contributed by atoms with Gasteiger partial charge in [-0.1, -0.05) is 32.0 Å². The molecule has 1 aliphatic carbocycles. The van der Waals surface area contributed by atoms with Crippen molar-refractivity contribution in [2.45, 2.75) is 65.5 Å². The van der Waals surface area contributed by atoms with Gasteiger partial charge in [-0.2, -0.15) is 0 Å². The Morgan fingerprint density at radius 2 is 1.76 bits per heavy atom. The first kappa shape index (κ1) is 16.4. The van der Waals surface area contributed by atoms with E-state index in [0.29, 0.717) is 17.4 Å². The summed E-state index contributed by atoms with van der Waals surface area (Å²) in [6.45, 7) is 8.98. The Labute approximate surface area is 130 Å². The quantitative estimate of drug-likeness (QED) is 0.828. The number of rotatable bonds is 5. The molecule has 1 aromatic rings. The number of hydrogen-bond donors (Lipinski definition) is 1. The van der Waals surface area contributed by atoms with Gasteiger partial charge in [-0.3, -0.25) is 0 Å². The minimum Gasteiger partial charge on any atom is -0.491 e. The van der Waals surface area contributed by atoms with Crippen molar-refractivity contribution in [2.75, 3.05) is 7.05 Å². The highest BCUT2D eigenvalue weighted by Crippen LogP contribution is 2.44. The minimum atomic E-state index is 0.217. The molecule has 0 heterocycles. The van der Waals surface area contributed by atoms with E-state index in [2.05, 4.69) is 64.3 Å². The molecule has 2 rings (SSSR count). The predicted molar refractivity (Wildman–Crippen MR) is 89.7 cm³/mol. The minimum absolute atomic E-state index is 0.217. The molecule has 1 fully saturated rings. The van der Waals surface area contributed by atoms with Crippen molar-refractivity contribution < 1.29 is 4.74 Å². The van der Waals surface area contributed by atoms with Crippen LogP contribution in [0.1, 0.15) is 65.0 Å². The molecule has 2 nitrogen and oxygen atoms in total. The lowest BCUT2D eigenvalue weighted by molar-refractivity contribution is 0.161. The van der Waals surface area contributed by atoms with Gasteiger partial charge in [0.2, 0.25) is 0 Å². The average molecular weight is 289 g/mol. The van der Waals surface area contributed by atoms with Gasteiger partial charge in [0.15, 0.2) is 0 Å². The largest absolute Gasteiger partial charge is 0.491 e. The SMILES string of the molecule is CNC(c1ccccc1OC(C)C)C1CCC(C)(C)CC1. The monoisotopic (exact) mass is 289 g/mol. The standard InChI is InChI=1S/C19H31NO/c1-14(2)21-17-9-7-6-8-16(17)18(20-5)15-10-12-19(3,4)13-11-15/h6-9,14-15,18,20H,10-13H2,1-5H3. The lowest BCUT2D eigenvalue weighted by Gasteiger charge is -2.38. The van der Waals surface area contributed by atoms with Crippen LogP contribution < -0.4 is 10.1 Å². The first-order valence-electron chi connectivity index (χ1n) is 8.36. The van der Waals surface area contributed by atoms with E-state index < -0.39 is 0 Å². The van der Waals surface area contributed by atoms with Crippen molar-refractivity contribution in [3.05, 3.63) is 29.8 Å². The van der Waals surface area contributed by atoms with Gasteiger partial charge in [-0.05, 0) is 64.0 Å². The summed E-state index contributed by atoms with van der Waals surface area (Å²) in [5, 5.41) is 3.55. The van der Waals surface area contributed by atoms with E-state index in [1.807, 2.05) is 0 Å². The zero-order valence-corrected chi connectivity index (χ0v) is 14.3. The molecule has 1 unspecified atom stereocenters. The van der Waals surface area contributed by atoms with Crippen LogP contribution in [-0.2, 0) is 0 Å². The second-order valence-corrected chi connectivity index (χ2v) is 7.47. The first-order valence-corrected chi connectivity index (χ1v) is 8.36. The molecule has 0 saturated heterocycles. The molecule has 1 aliphatic rings. The average Bonchev–Trinajstić information content (AvgIpc) is 2.42.